The van der Waals surface area contributed by atoms with Gasteiger partial charge in [0.05, 0.1) is 11.8 Å². The predicted octanol–water partition coefficient (Wildman–Crippen LogP) is 3.07. The van der Waals surface area contributed by atoms with Gasteiger partial charge in [-0.15, -0.1) is 6.58 Å². The molecule has 1 saturated heterocycles. The zero-order valence-electron chi connectivity index (χ0n) is 18.9. The number of rotatable bonds is 11. The molecule has 6 heteroatoms. The first-order valence-corrected chi connectivity index (χ1v) is 11.4. The van der Waals surface area contributed by atoms with Crippen molar-refractivity contribution in [1.82, 2.24) is 10.2 Å². The van der Waals surface area contributed by atoms with Gasteiger partial charge in [0.15, 0.2) is 0 Å². The lowest BCUT2D eigenvalue weighted by atomic mass is 9.82. The summed E-state index contributed by atoms with van der Waals surface area (Å²) in [5.74, 6) is -1.77. The van der Waals surface area contributed by atoms with Gasteiger partial charge in [-0.05, 0) is 50.0 Å². The van der Waals surface area contributed by atoms with E-state index in [0.717, 1.165) is 19.3 Å². The Hall–Kier alpha value is -2.63. The normalized spacial score (nSPS) is 18.9. The van der Waals surface area contributed by atoms with E-state index in [-0.39, 0.29) is 17.7 Å². The minimum Gasteiger partial charge on any atom is -0.369 e. The highest BCUT2D eigenvalue weighted by atomic mass is 16.2. The van der Waals surface area contributed by atoms with Crippen LogP contribution in [0.5, 0.6) is 0 Å². The fourth-order valence-electron chi connectivity index (χ4n) is 4.27. The SMILES string of the molecule is C=CC[C@H](C(N)=O)[C@@H](CC(C)C)C(=O)N[C@H]1CCCCN(CCc2ccccc2)C1=O. The molecule has 3 N–H and O–H groups in total. The van der Waals surface area contributed by atoms with Crippen LogP contribution in [0, 0.1) is 17.8 Å². The van der Waals surface area contributed by atoms with Crippen LogP contribution in [0.2, 0.25) is 0 Å². The number of likely N-dealkylation sites (tertiary alicyclic amines) is 1. The van der Waals surface area contributed by atoms with E-state index in [1.165, 1.54) is 5.56 Å². The third-order valence-electron chi connectivity index (χ3n) is 5.94. The molecule has 0 saturated carbocycles. The zero-order valence-corrected chi connectivity index (χ0v) is 18.9. The number of nitrogens with one attached hydrogen (secondary N) is 1. The number of amides is 3. The molecule has 0 aromatic heterocycles. The lowest BCUT2D eigenvalue weighted by Gasteiger charge is -2.29. The van der Waals surface area contributed by atoms with Crippen molar-refractivity contribution < 1.29 is 14.4 Å². The molecule has 3 atom stereocenters. The second-order valence-corrected chi connectivity index (χ2v) is 8.89. The van der Waals surface area contributed by atoms with Crippen molar-refractivity contribution >= 4 is 17.7 Å². The zero-order chi connectivity index (χ0) is 22.8. The van der Waals surface area contributed by atoms with Crippen molar-refractivity contribution in [1.29, 1.82) is 0 Å². The maximum Gasteiger partial charge on any atom is 0.245 e. The van der Waals surface area contributed by atoms with Gasteiger partial charge in [-0.3, -0.25) is 14.4 Å². The molecule has 1 aliphatic rings. The van der Waals surface area contributed by atoms with E-state index >= 15 is 0 Å². The number of nitrogens with zero attached hydrogens (tertiary/aromatic N) is 1. The van der Waals surface area contributed by atoms with Gasteiger partial charge < -0.3 is 16.0 Å². The van der Waals surface area contributed by atoms with Crippen LogP contribution in [0.1, 0.15) is 51.5 Å². The predicted molar refractivity (Wildman–Crippen MR) is 123 cm³/mol. The Balaban J connectivity index is 2.09. The van der Waals surface area contributed by atoms with E-state index in [1.807, 2.05) is 36.9 Å². The van der Waals surface area contributed by atoms with Gasteiger partial charge >= 0.3 is 0 Å². The molecule has 0 unspecified atom stereocenters. The van der Waals surface area contributed by atoms with Crippen LogP contribution in [-0.4, -0.2) is 41.8 Å². The second kappa shape index (κ2) is 12.3. The Morgan fingerprint density at radius 3 is 2.55 bits per heavy atom. The number of nitrogens with two attached hydrogens (primary N) is 1. The Morgan fingerprint density at radius 2 is 1.94 bits per heavy atom. The lowest BCUT2D eigenvalue weighted by molar-refractivity contribution is -0.139. The minimum absolute atomic E-state index is 0.0376. The number of hydrogen-bond donors (Lipinski definition) is 2. The molecule has 2 rings (SSSR count). The van der Waals surface area contributed by atoms with Gasteiger partial charge in [0.2, 0.25) is 17.7 Å². The molecular formula is C25H37N3O3. The Kier molecular flexibility index (Phi) is 9.76. The van der Waals surface area contributed by atoms with Crippen LogP contribution in [0.25, 0.3) is 0 Å². The van der Waals surface area contributed by atoms with Gasteiger partial charge in [0, 0.05) is 13.1 Å². The van der Waals surface area contributed by atoms with Crippen molar-refractivity contribution in [2.75, 3.05) is 13.1 Å². The van der Waals surface area contributed by atoms with E-state index < -0.39 is 23.8 Å². The minimum atomic E-state index is -0.616. The number of benzene rings is 1. The van der Waals surface area contributed by atoms with Crippen molar-refractivity contribution in [2.24, 2.45) is 23.5 Å². The van der Waals surface area contributed by atoms with Gasteiger partial charge in [-0.25, -0.2) is 0 Å². The van der Waals surface area contributed by atoms with E-state index in [0.29, 0.717) is 32.4 Å². The second-order valence-electron chi connectivity index (χ2n) is 8.89. The lowest BCUT2D eigenvalue weighted by Crippen LogP contribution is -2.51. The number of primary amides is 1. The van der Waals surface area contributed by atoms with E-state index in [2.05, 4.69) is 24.0 Å². The van der Waals surface area contributed by atoms with Gasteiger partial charge in [-0.2, -0.15) is 0 Å². The average Bonchev–Trinajstić information content (AvgIpc) is 2.91. The molecule has 170 valence electrons. The molecule has 1 heterocycles. The smallest absolute Gasteiger partial charge is 0.245 e. The summed E-state index contributed by atoms with van der Waals surface area (Å²) in [6, 6.07) is 9.53. The van der Waals surface area contributed by atoms with E-state index in [9.17, 15) is 14.4 Å². The molecule has 1 aromatic carbocycles. The topological polar surface area (TPSA) is 92.5 Å². The van der Waals surface area contributed by atoms with Crippen LogP contribution in [0.3, 0.4) is 0 Å². The summed E-state index contributed by atoms with van der Waals surface area (Å²) in [4.78, 5) is 40.2. The third-order valence-corrected chi connectivity index (χ3v) is 5.94. The summed E-state index contributed by atoms with van der Waals surface area (Å²) in [7, 11) is 0. The quantitative estimate of drug-likeness (QED) is 0.532. The van der Waals surface area contributed by atoms with Crippen LogP contribution >= 0.6 is 0 Å². The fourth-order valence-corrected chi connectivity index (χ4v) is 4.27. The summed E-state index contributed by atoms with van der Waals surface area (Å²) in [5, 5.41) is 2.96. The number of carbonyl (C=O) groups is 3. The molecule has 1 aliphatic heterocycles. The van der Waals surface area contributed by atoms with E-state index in [1.54, 1.807) is 6.08 Å². The summed E-state index contributed by atoms with van der Waals surface area (Å²) in [6.07, 6.45) is 5.70. The fraction of sp³-hybridized carbons (Fsp3) is 0.560. The highest BCUT2D eigenvalue weighted by Crippen LogP contribution is 2.25. The van der Waals surface area contributed by atoms with Gasteiger partial charge in [0.25, 0.3) is 0 Å². The van der Waals surface area contributed by atoms with Crippen LogP contribution in [0.4, 0.5) is 0 Å². The highest BCUT2D eigenvalue weighted by molar-refractivity contribution is 5.91. The summed E-state index contributed by atoms with van der Waals surface area (Å²) >= 11 is 0. The third kappa shape index (κ3) is 7.53. The van der Waals surface area contributed by atoms with Crippen molar-refractivity contribution in [3.63, 3.8) is 0 Å². The molecule has 0 bridgehead atoms. The molecular weight excluding hydrogens is 390 g/mol. The maximum atomic E-state index is 13.2. The molecule has 3 amide bonds. The molecule has 31 heavy (non-hydrogen) atoms. The van der Waals surface area contributed by atoms with Gasteiger partial charge in [-0.1, -0.05) is 50.3 Å². The highest BCUT2D eigenvalue weighted by Gasteiger charge is 2.35. The Bertz CT molecular complexity index is 748. The number of allylic oxidation sites excluding steroid dienone is 1. The summed E-state index contributed by atoms with van der Waals surface area (Å²) < 4.78 is 0. The molecule has 1 fully saturated rings. The van der Waals surface area contributed by atoms with Crippen molar-refractivity contribution in [3.05, 3.63) is 48.6 Å². The van der Waals surface area contributed by atoms with E-state index in [4.69, 9.17) is 5.73 Å². The number of carbonyl (C=O) groups excluding carboxylic acids is 3. The summed E-state index contributed by atoms with van der Waals surface area (Å²) in [6.45, 7) is 9.05. The van der Waals surface area contributed by atoms with Crippen LogP contribution in [-0.2, 0) is 20.8 Å². The first-order chi connectivity index (χ1) is 14.8. The molecule has 0 aliphatic carbocycles. The van der Waals surface area contributed by atoms with Gasteiger partial charge in [0.1, 0.15) is 6.04 Å². The molecule has 0 spiro atoms. The summed E-state index contributed by atoms with van der Waals surface area (Å²) in [5.41, 5.74) is 6.78. The average molecular weight is 428 g/mol. The first-order valence-electron chi connectivity index (χ1n) is 11.4. The molecule has 1 aromatic rings. The Labute approximate surface area is 186 Å². The van der Waals surface area contributed by atoms with Crippen molar-refractivity contribution in [2.45, 2.75) is 58.4 Å². The maximum absolute atomic E-state index is 13.2. The largest absolute Gasteiger partial charge is 0.369 e. The first kappa shape index (κ1) is 24.6. The van der Waals surface area contributed by atoms with Crippen molar-refractivity contribution in [3.8, 4) is 0 Å². The number of hydrogen-bond acceptors (Lipinski definition) is 3. The molecule has 6 nitrogen and oxygen atoms in total. The van der Waals surface area contributed by atoms with Crippen LogP contribution < -0.4 is 11.1 Å². The Morgan fingerprint density at radius 1 is 1.23 bits per heavy atom. The van der Waals surface area contributed by atoms with Crippen LogP contribution in [0.15, 0.2) is 43.0 Å². The monoisotopic (exact) mass is 427 g/mol. The molecule has 0 radical (unpaired) electrons. The standard InChI is InChI=1S/C25H37N3O3/c1-4-10-20(23(26)29)21(17-18(2)3)24(30)27-22-13-8-9-15-28(25(22)31)16-14-19-11-6-5-7-12-19/h4-7,11-12,18,20-22H,1,8-10,13-17H2,2-3H3,(H2,26,29)(H,27,30)/t20-,21+,22-/m0/s1.